The highest BCUT2D eigenvalue weighted by molar-refractivity contribution is 5.95. The number of rotatable bonds is 6. The number of para-hydroxylation sites is 1. The molecule has 0 saturated carbocycles. The van der Waals surface area contributed by atoms with Gasteiger partial charge in [-0.25, -0.2) is 0 Å². The van der Waals surface area contributed by atoms with E-state index in [-0.39, 0.29) is 0 Å². The van der Waals surface area contributed by atoms with Crippen molar-refractivity contribution in [1.82, 2.24) is 9.88 Å². The maximum Gasteiger partial charge on any atom is 0.325 e. The molecular formula is C28H28N2O2. The Morgan fingerprint density at radius 1 is 0.906 bits per heavy atom. The normalized spacial score (nSPS) is 16.2. The number of aromatic nitrogens is 1. The third kappa shape index (κ3) is 4.06. The van der Waals surface area contributed by atoms with Gasteiger partial charge in [0.05, 0.1) is 5.69 Å². The van der Waals surface area contributed by atoms with Crippen molar-refractivity contribution in [2.24, 2.45) is 5.92 Å². The van der Waals surface area contributed by atoms with Crippen LogP contribution in [0.1, 0.15) is 30.0 Å². The summed E-state index contributed by atoms with van der Waals surface area (Å²) in [5.74, 6) is -0.187. The summed E-state index contributed by atoms with van der Waals surface area (Å²) in [4.78, 5) is 18.3. The van der Waals surface area contributed by atoms with Crippen molar-refractivity contribution in [2.45, 2.75) is 25.3 Å². The third-order valence-electron chi connectivity index (χ3n) is 6.70. The summed E-state index contributed by atoms with van der Waals surface area (Å²) < 4.78 is 0. The molecule has 1 unspecified atom stereocenters. The van der Waals surface area contributed by atoms with E-state index >= 15 is 0 Å². The minimum atomic E-state index is -0.784. The van der Waals surface area contributed by atoms with Crippen LogP contribution in [0, 0.1) is 5.92 Å². The van der Waals surface area contributed by atoms with Crippen molar-refractivity contribution in [1.29, 1.82) is 0 Å². The molecule has 162 valence electrons. The van der Waals surface area contributed by atoms with Gasteiger partial charge in [0.2, 0.25) is 0 Å². The molecule has 2 heterocycles. The van der Waals surface area contributed by atoms with Gasteiger partial charge in [0, 0.05) is 16.5 Å². The Balaban J connectivity index is 1.46. The van der Waals surface area contributed by atoms with E-state index in [1.54, 1.807) is 0 Å². The molecule has 32 heavy (non-hydrogen) atoms. The molecule has 1 aromatic heterocycles. The second-order valence-electron chi connectivity index (χ2n) is 8.74. The molecule has 4 nitrogen and oxygen atoms in total. The topological polar surface area (TPSA) is 56.3 Å². The number of hydrogen-bond donors (Lipinski definition) is 2. The highest BCUT2D eigenvalue weighted by Gasteiger charge is 2.34. The molecule has 3 aromatic carbocycles. The van der Waals surface area contributed by atoms with Gasteiger partial charge in [-0.3, -0.25) is 9.69 Å². The quantitative estimate of drug-likeness (QED) is 0.404. The van der Waals surface area contributed by atoms with E-state index in [9.17, 15) is 9.90 Å². The molecule has 0 bridgehead atoms. The van der Waals surface area contributed by atoms with E-state index in [0.717, 1.165) is 60.1 Å². The van der Waals surface area contributed by atoms with E-state index in [2.05, 4.69) is 40.2 Å². The Kier molecular flexibility index (Phi) is 5.78. The first kappa shape index (κ1) is 20.5. The number of nitrogens with one attached hydrogen (secondary N) is 1. The molecule has 1 atom stereocenters. The summed E-state index contributed by atoms with van der Waals surface area (Å²) >= 11 is 0. The lowest BCUT2D eigenvalue weighted by molar-refractivity contribution is -0.144. The second kappa shape index (κ2) is 9.01. The van der Waals surface area contributed by atoms with E-state index in [0.29, 0.717) is 5.92 Å². The van der Waals surface area contributed by atoms with E-state index in [4.69, 9.17) is 0 Å². The molecule has 2 N–H and O–H groups in total. The summed E-state index contributed by atoms with van der Waals surface area (Å²) in [6, 6.07) is 28.0. The molecule has 0 radical (unpaired) electrons. The summed E-state index contributed by atoms with van der Waals surface area (Å²) in [5.41, 5.74) is 5.14. The number of hydrogen-bond acceptors (Lipinski definition) is 2. The molecule has 0 spiro atoms. The Bertz CT molecular complexity index is 1190. The number of benzene rings is 3. The largest absolute Gasteiger partial charge is 0.480 e. The maximum absolute atomic E-state index is 12.6. The monoisotopic (exact) mass is 424 g/mol. The first-order valence-electron chi connectivity index (χ1n) is 11.4. The fourth-order valence-corrected chi connectivity index (χ4v) is 5.11. The minimum absolute atomic E-state index is 0.597. The van der Waals surface area contributed by atoms with Crippen molar-refractivity contribution in [3.05, 3.63) is 96.1 Å². The van der Waals surface area contributed by atoms with Crippen LogP contribution in [0.25, 0.3) is 22.2 Å². The summed E-state index contributed by atoms with van der Waals surface area (Å²) in [6.45, 7) is 1.59. The van der Waals surface area contributed by atoms with Crippen LogP contribution >= 0.6 is 0 Å². The van der Waals surface area contributed by atoms with Gasteiger partial charge in [-0.2, -0.15) is 0 Å². The average Bonchev–Trinajstić information content (AvgIpc) is 3.21. The number of H-pyrrole nitrogens is 1. The molecule has 0 aliphatic carbocycles. The van der Waals surface area contributed by atoms with Crippen LogP contribution in [0.2, 0.25) is 0 Å². The van der Waals surface area contributed by atoms with Crippen LogP contribution < -0.4 is 0 Å². The van der Waals surface area contributed by atoms with Gasteiger partial charge >= 0.3 is 5.97 Å². The SMILES string of the molecule is O=C(O)C(c1c(-c2ccccc2)[nH]c2ccccc12)N1CCC(Cc2ccccc2)CC1. The number of carboxylic acids is 1. The molecule has 1 aliphatic rings. The molecule has 1 aliphatic heterocycles. The first-order valence-corrected chi connectivity index (χ1v) is 11.4. The van der Waals surface area contributed by atoms with Crippen molar-refractivity contribution in [3.63, 3.8) is 0 Å². The van der Waals surface area contributed by atoms with Crippen LogP contribution in [0.4, 0.5) is 0 Å². The van der Waals surface area contributed by atoms with Crippen molar-refractivity contribution < 1.29 is 9.90 Å². The maximum atomic E-state index is 12.6. The zero-order chi connectivity index (χ0) is 21.9. The number of fused-ring (bicyclic) bond motifs is 1. The van der Waals surface area contributed by atoms with Gasteiger partial charge in [0.1, 0.15) is 6.04 Å². The van der Waals surface area contributed by atoms with Gasteiger partial charge in [0.15, 0.2) is 0 Å². The number of carboxylic acid groups (broad SMARTS) is 1. The lowest BCUT2D eigenvalue weighted by Crippen LogP contribution is -2.40. The van der Waals surface area contributed by atoms with Crippen LogP contribution in [-0.2, 0) is 11.2 Å². The highest BCUT2D eigenvalue weighted by Crippen LogP contribution is 2.39. The Labute approximate surface area is 188 Å². The zero-order valence-electron chi connectivity index (χ0n) is 18.1. The molecule has 1 fully saturated rings. The van der Waals surface area contributed by atoms with Crippen molar-refractivity contribution in [2.75, 3.05) is 13.1 Å². The molecule has 0 amide bonds. The number of nitrogens with zero attached hydrogens (tertiary/aromatic N) is 1. The first-order chi connectivity index (χ1) is 15.7. The van der Waals surface area contributed by atoms with Crippen LogP contribution in [-0.4, -0.2) is 34.0 Å². The Hall–Kier alpha value is -3.37. The number of aromatic amines is 1. The smallest absolute Gasteiger partial charge is 0.325 e. The lowest BCUT2D eigenvalue weighted by Gasteiger charge is -2.36. The predicted octanol–water partition coefficient (Wildman–Crippen LogP) is 5.92. The molecule has 1 saturated heterocycles. The summed E-state index contributed by atoms with van der Waals surface area (Å²) in [6.07, 6.45) is 3.10. The Morgan fingerprint density at radius 3 is 2.22 bits per heavy atom. The lowest BCUT2D eigenvalue weighted by atomic mass is 9.88. The fraction of sp³-hybridized carbons (Fsp3) is 0.250. The van der Waals surface area contributed by atoms with Gasteiger partial charge < -0.3 is 10.1 Å². The third-order valence-corrected chi connectivity index (χ3v) is 6.70. The number of piperidine rings is 1. The number of carbonyl (C=O) groups is 1. The highest BCUT2D eigenvalue weighted by atomic mass is 16.4. The number of likely N-dealkylation sites (tertiary alicyclic amines) is 1. The second-order valence-corrected chi connectivity index (χ2v) is 8.74. The molecule has 5 rings (SSSR count). The zero-order valence-corrected chi connectivity index (χ0v) is 18.1. The minimum Gasteiger partial charge on any atom is -0.480 e. The molecule has 4 heteroatoms. The number of aliphatic carboxylic acids is 1. The summed E-state index contributed by atoms with van der Waals surface area (Å²) in [7, 11) is 0. The van der Waals surface area contributed by atoms with Crippen LogP contribution in [0.3, 0.4) is 0 Å². The van der Waals surface area contributed by atoms with Gasteiger partial charge in [-0.1, -0.05) is 78.9 Å². The van der Waals surface area contributed by atoms with Gasteiger partial charge in [0.25, 0.3) is 0 Å². The molecular weight excluding hydrogens is 396 g/mol. The van der Waals surface area contributed by atoms with Crippen LogP contribution in [0.5, 0.6) is 0 Å². The Morgan fingerprint density at radius 2 is 1.53 bits per heavy atom. The standard InChI is InChI=1S/C28H28N2O2/c31-28(32)27(30-17-15-21(16-18-30)19-20-9-3-1-4-10-20)25-23-13-7-8-14-24(23)29-26(25)22-11-5-2-6-12-22/h1-14,21,27,29H,15-19H2,(H,31,32). The van der Waals surface area contributed by atoms with Crippen LogP contribution in [0.15, 0.2) is 84.9 Å². The van der Waals surface area contributed by atoms with E-state index in [1.165, 1.54) is 5.56 Å². The van der Waals surface area contributed by atoms with E-state index in [1.807, 2.05) is 54.6 Å². The van der Waals surface area contributed by atoms with E-state index < -0.39 is 12.0 Å². The van der Waals surface area contributed by atoms with Gasteiger partial charge in [-0.15, -0.1) is 0 Å². The van der Waals surface area contributed by atoms with Crippen molar-refractivity contribution >= 4 is 16.9 Å². The fourth-order valence-electron chi connectivity index (χ4n) is 5.11. The predicted molar refractivity (Wildman–Crippen MR) is 129 cm³/mol. The van der Waals surface area contributed by atoms with Crippen molar-refractivity contribution in [3.8, 4) is 11.3 Å². The average molecular weight is 425 g/mol. The van der Waals surface area contributed by atoms with Gasteiger partial charge in [-0.05, 0) is 55.5 Å². The molecule has 4 aromatic rings. The summed E-state index contributed by atoms with van der Waals surface area (Å²) in [5, 5.41) is 11.4.